The van der Waals surface area contributed by atoms with E-state index in [0.717, 1.165) is 49.4 Å². The smallest absolute Gasteiger partial charge is 0.118 e. The molecule has 4 aromatic rings. The van der Waals surface area contributed by atoms with Gasteiger partial charge in [-0.05, 0) is 105 Å². The Bertz CT molecular complexity index is 1290. The molecule has 0 saturated carbocycles. The number of ether oxygens (including phenoxy) is 1. The summed E-state index contributed by atoms with van der Waals surface area (Å²) in [6.45, 7) is 5.88. The van der Waals surface area contributed by atoms with Crippen LogP contribution in [0.2, 0.25) is 0 Å². The van der Waals surface area contributed by atoms with Crippen molar-refractivity contribution in [1.29, 1.82) is 0 Å². The molecular formula is C34H42N4O. The van der Waals surface area contributed by atoms with Crippen molar-refractivity contribution < 1.29 is 4.74 Å². The lowest BCUT2D eigenvalue weighted by atomic mass is 10.0. The first-order chi connectivity index (χ1) is 19.2. The minimum atomic E-state index is 0.813. The maximum absolute atomic E-state index is 5.31. The SMILES string of the molecule is CCCCCc1ccc(-n2nnc(CCCN3CCCC3)c2Cc2ccc(-c3ccc(OC)cc3)cc2)cc1. The normalized spacial score (nSPS) is 13.7. The Balaban J connectivity index is 1.34. The average Bonchev–Trinajstić information content (AvgIpc) is 3.65. The Hall–Kier alpha value is -3.44. The van der Waals surface area contributed by atoms with E-state index < -0.39 is 0 Å². The molecule has 2 heterocycles. The summed E-state index contributed by atoms with van der Waals surface area (Å²) in [6.07, 6.45) is 10.5. The first-order valence-electron chi connectivity index (χ1n) is 14.7. The summed E-state index contributed by atoms with van der Waals surface area (Å²) in [5.41, 5.74) is 8.49. The summed E-state index contributed by atoms with van der Waals surface area (Å²) in [4.78, 5) is 2.58. The maximum Gasteiger partial charge on any atom is 0.118 e. The molecule has 5 rings (SSSR count). The second-order valence-corrected chi connectivity index (χ2v) is 10.8. The standard InChI is InChI=1S/C34H42N4O/c1-3-4-5-9-27-13-19-31(20-14-27)38-34(33(35-36-38)10-8-25-37-23-6-7-24-37)26-28-11-15-29(16-12-28)30-17-21-32(39-2)22-18-30/h11-22H,3-10,23-26H2,1-2H3. The van der Waals surface area contributed by atoms with Crippen molar-refractivity contribution in [2.75, 3.05) is 26.7 Å². The number of hydrogen-bond acceptors (Lipinski definition) is 4. The molecule has 5 nitrogen and oxygen atoms in total. The van der Waals surface area contributed by atoms with Crippen LogP contribution in [0, 0.1) is 0 Å². The van der Waals surface area contributed by atoms with Crippen LogP contribution in [0.25, 0.3) is 16.8 Å². The van der Waals surface area contributed by atoms with Crippen molar-refractivity contribution in [2.45, 2.75) is 64.7 Å². The number of aromatic nitrogens is 3. The Labute approximate surface area is 233 Å². The molecule has 0 unspecified atom stereocenters. The van der Waals surface area contributed by atoms with Crippen LogP contribution in [0.3, 0.4) is 0 Å². The van der Waals surface area contributed by atoms with Crippen molar-refractivity contribution in [3.63, 3.8) is 0 Å². The van der Waals surface area contributed by atoms with E-state index in [1.165, 1.54) is 73.1 Å². The van der Waals surface area contributed by atoms with Gasteiger partial charge in [-0.25, -0.2) is 4.68 Å². The fourth-order valence-electron chi connectivity index (χ4n) is 5.56. The number of benzene rings is 3. The molecule has 1 aromatic heterocycles. The van der Waals surface area contributed by atoms with Crippen LogP contribution >= 0.6 is 0 Å². The van der Waals surface area contributed by atoms with Crippen LogP contribution in [0.4, 0.5) is 0 Å². The summed E-state index contributed by atoms with van der Waals surface area (Å²) in [5.74, 6) is 0.877. The lowest BCUT2D eigenvalue weighted by molar-refractivity contribution is 0.333. The zero-order valence-corrected chi connectivity index (χ0v) is 23.6. The van der Waals surface area contributed by atoms with Crippen molar-refractivity contribution in [3.8, 4) is 22.6 Å². The molecule has 0 spiro atoms. The third-order valence-electron chi connectivity index (χ3n) is 7.93. The van der Waals surface area contributed by atoms with E-state index in [0.29, 0.717) is 0 Å². The van der Waals surface area contributed by atoms with E-state index >= 15 is 0 Å². The van der Waals surface area contributed by atoms with E-state index in [-0.39, 0.29) is 0 Å². The molecule has 5 heteroatoms. The summed E-state index contributed by atoms with van der Waals surface area (Å²) < 4.78 is 7.38. The van der Waals surface area contributed by atoms with Crippen LogP contribution in [-0.4, -0.2) is 46.6 Å². The Morgan fingerprint density at radius 3 is 2.08 bits per heavy atom. The molecule has 1 saturated heterocycles. The van der Waals surface area contributed by atoms with E-state index in [4.69, 9.17) is 9.84 Å². The molecule has 0 aliphatic carbocycles. The molecule has 1 aliphatic rings. The van der Waals surface area contributed by atoms with Crippen LogP contribution in [0.5, 0.6) is 5.75 Å². The van der Waals surface area contributed by atoms with Crippen molar-refractivity contribution >= 4 is 0 Å². The Morgan fingerprint density at radius 2 is 1.41 bits per heavy atom. The molecule has 0 bridgehead atoms. The Morgan fingerprint density at radius 1 is 0.744 bits per heavy atom. The predicted molar refractivity (Wildman–Crippen MR) is 160 cm³/mol. The van der Waals surface area contributed by atoms with Crippen molar-refractivity contribution in [3.05, 3.63) is 95.3 Å². The third-order valence-corrected chi connectivity index (χ3v) is 7.93. The van der Waals surface area contributed by atoms with Gasteiger partial charge < -0.3 is 9.64 Å². The number of hydrogen-bond donors (Lipinski definition) is 0. The number of rotatable bonds is 13. The van der Waals surface area contributed by atoms with Gasteiger partial charge in [0.05, 0.1) is 24.2 Å². The average molecular weight is 523 g/mol. The number of likely N-dealkylation sites (tertiary alicyclic amines) is 1. The summed E-state index contributed by atoms with van der Waals surface area (Å²) in [7, 11) is 1.70. The summed E-state index contributed by atoms with van der Waals surface area (Å²) in [5, 5.41) is 9.36. The highest BCUT2D eigenvalue weighted by molar-refractivity contribution is 5.64. The monoisotopic (exact) mass is 522 g/mol. The van der Waals surface area contributed by atoms with Gasteiger partial charge in [-0.1, -0.05) is 73.5 Å². The van der Waals surface area contributed by atoms with Crippen molar-refractivity contribution in [1.82, 2.24) is 19.9 Å². The van der Waals surface area contributed by atoms with Gasteiger partial charge in [0.2, 0.25) is 0 Å². The molecule has 0 N–H and O–H groups in total. The van der Waals surface area contributed by atoms with Gasteiger partial charge in [-0.3, -0.25) is 0 Å². The van der Waals surface area contributed by atoms with E-state index in [1.54, 1.807) is 7.11 Å². The fraction of sp³-hybridized carbons (Fsp3) is 0.412. The minimum absolute atomic E-state index is 0.813. The van der Waals surface area contributed by atoms with E-state index in [2.05, 4.69) is 82.4 Å². The second kappa shape index (κ2) is 13.6. The number of nitrogens with zero attached hydrogens (tertiary/aromatic N) is 4. The maximum atomic E-state index is 5.31. The minimum Gasteiger partial charge on any atom is -0.497 e. The van der Waals surface area contributed by atoms with Gasteiger partial charge in [0, 0.05) is 6.42 Å². The number of aryl methyl sites for hydroxylation is 2. The summed E-state index contributed by atoms with van der Waals surface area (Å²) >= 11 is 0. The van der Waals surface area contributed by atoms with Gasteiger partial charge in [0.25, 0.3) is 0 Å². The molecular weight excluding hydrogens is 480 g/mol. The topological polar surface area (TPSA) is 43.2 Å². The highest BCUT2D eigenvalue weighted by Gasteiger charge is 2.17. The number of unbranched alkanes of at least 4 members (excludes halogenated alkanes) is 2. The fourth-order valence-corrected chi connectivity index (χ4v) is 5.56. The largest absolute Gasteiger partial charge is 0.497 e. The van der Waals surface area contributed by atoms with Gasteiger partial charge in [-0.15, -0.1) is 5.10 Å². The number of methoxy groups -OCH3 is 1. The zero-order valence-electron chi connectivity index (χ0n) is 23.6. The highest BCUT2D eigenvalue weighted by Crippen LogP contribution is 2.25. The first-order valence-corrected chi connectivity index (χ1v) is 14.7. The van der Waals surface area contributed by atoms with Gasteiger partial charge in [0.1, 0.15) is 5.75 Å². The van der Waals surface area contributed by atoms with Crippen LogP contribution in [-0.2, 0) is 19.3 Å². The van der Waals surface area contributed by atoms with Crippen LogP contribution in [0.15, 0.2) is 72.8 Å². The quantitative estimate of drug-likeness (QED) is 0.173. The second-order valence-electron chi connectivity index (χ2n) is 10.8. The summed E-state index contributed by atoms with van der Waals surface area (Å²) in [6, 6.07) is 26.1. The molecule has 0 atom stereocenters. The zero-order chi connectivity index (χ0) is 26.9. The van der Waals surface area contributed by atoms with Crippen molar-refractivity contribution in [2.24, 2.45) is 0 Å². The Kier molecular flexibility index (Phi) is 9.44. The molecule has 0 amide bonds. The molecule has 204 valence electrons. The molecule has 3 aromatic carbocycles. The van der Waals surface area contributed by atoms with Gasteiger partial charge in [-0.2, -0.15) is 0 Å². The van der Waals surface area contributed by atoms with Crippen LogP contribution in [0.1, 0.15) is 68.0 Å². The molecule has 1 aliphatic heterocycles. The lowest BCUT2D eigenvalue weighted by Crippen LogP contribution is -2.21. The highest BCUT2D eigenvalue weighted by atomic mass is 16.5. The van der Waals surface area contributed by atoms with E-state index in [1.807, 2.05) is 12.1 Å². The molecule has 1 fully saturated rings. The predicted octanol–water partition coefficient (Wildman–Crippen LogP) is 7.29. The van der Waals surface area contributed by atoms with E-state index in [9.17, 15) is 0 Å². The van der Waals surface area contributed by atoms with Gasteiger partial charge in [0.15, 0.2) is 0 Å². The third kappa shape index (κ3) is 7.15. The molecule has 39 heavy (non-hydrogen) atoms. The molecule has 0 radical (unpaired) electrons. The van der Waals surface area contributed by atoms with Crippen LogP contribution < -0.4 is 4.74 Å². The van der Waals surface area contributed by atoms with Gasteiger partial charge >= 0.3 is 0 Å². The lowest BCUT2D eigenvalue weighted by Gasteiger charge is -2.14. The first kappa shape index (κ1) is 27.1.